The zero-order valence-electron chi connectivity index (χ0n) is 8.78. The standard InChI is InChI=1S/C11H13FN2OS/c12-10-9(2-1-5-13-10)11(15)14-8-3-6-16-7-4-8/h1-2,5,8H,3-4,6-7H2,(H,14,15). The predicted molar refractivity (Wildman–Crippen MR) is 62.0 cm³/mol. The van der Waals surface area contributed by atoms with Gasteiger partial charge in [-0.2, -0.15) is 16.2 Å². The third-order valence-corrected chi connectivity index (χ3v) is 3.61. The summed E-state index contributed by atoms with van der Waals surface area (Å²) in [5.74, 6) is 1.05. The molecule has 1 aromatic rings. The Kier molecular flexibility index (Phi) is 3.77. The number of hydrogen-bond acceptors (Lipinski definition) is 3. The predicted octanol–water partition coefficient (Wildman–Crippen LogP) is 1.85. The lowest BCUT2D eigenvalue weighted by Gasteiger charge is -2.22. The molecule has 2 rings (SSSR count). The SMILES string of the molecule is O=C(NC1CCSCC1)c1cccnc1F. The first-order chi connectivity index (χ1) is 7.77. The molecule has 0 unspecified atom stereocenters. The van der Waals surface area contributed by atoms with Crippen LogP contribution in [0.3, 0.4) is 0 Å². The maximum Gasteiger partial charge on any atom is 0.256 e. The van der Waals surface area contributed by atoms with Crippen molar-refractivity contribution < 1.29 is 9.18 Å². The molecule has 5 heteroatoms. The fourth-order valence-electron chi connectivity index (χ4n) is 1.66. The molecule has 0 saturated carbocycles. The molecule has 1 saturated heterocycles. The van der Waals surface area contributed by atoms with Gasteiger partial charge in [0, 0.05) is 12.2 Å². The van der Waals surface area contributed by atoms with Crippen molar-refractivity contribution in [2.75, 3.05) is 11.5 Å². The smallest absolute Gasteiger partial charge is 0.256 e. The molecule has 1 amide bonds. The number of halogens is 1. The molecule has 0 aromatic carbocycles. The average Bonchev–Trinajstić information content (AvgIpc) is 2.31. The fourth-order valence-corrected chi connectivity index (χ4v) is 2.77. The number of thioether (sulfide) groups is 1. The van der Waals surface area contributed by atoms with Gasteiger partial charge in [0.25, 0.3) is 5.91 Å². The molecule has 0 aliphatic carbocycles. The first-order valence-corrected chi connectivity index (χ1v) is 6.42. The van der Waals surface area contributed by atoms with E-state index < -0.39 is 5.95 Å². The van der Waals surface area contributed by atoms with Crippen molar-refractivity contribution >= 4 is 17.7 Å². The van der Waals surface area contributed by atoms with E-state index in [1.807, 2.05) is 11.8 Å². The Hall–Kier alpha value is -1.10. The van der Waals surface area contributed by atoms with Gasteiger partial charge in [-0.15, -0.1) is 0 Å². The summed E-state index contributed by atoms with van der Waals surface area (Å²) in [5, 5.41) is 2.84. The van der Waals surface area contributed by atoms with Gasteiger partial charge in [0.05, 0.1) is 5.56 Å². The number of amides is 1. The van der Waals surface area contributed by atoms with Gasteiger partial charge in [0.1, 0.15) is 0 Å². The second-order valence-electron chi connectivity index (χ2n) is 3.70. The van der Waals surface area contributed by atoms with E-state index in [4.69, 9.17) is 0 Å². The van der Waals surface area contributed by atoms with Crippen LogP contribution in [0.4, 0.5) is 4.39 Å². The van der Waals surface area contributed by atoms with Crippen molar-refractivity contribution in [1.29, 1.82) is 0 Å². The lowest BCUT2D eigenvalue weighted by atomic mass is 10.1. The number of carbonyl (C=O) groups is 1. The highest BCUT2D eigenvalue weighted by Crippen LogP contribution is 2.17. The fraction of sp³-hybridized carbons (Fsp3) is 0.455. The Bertz CT molecular complexity index is 380. The first-order valence-electron chi connectivity index (χ1n) is 5.26. The molecule has 1 aromatic heterocycles. The number of hydrogen-bond donors (Lipinski definition) is 1. The normalized spacial score (nSPS) is 17.1. The average molecular weight is 240 g/mol. The molecular formula is C11H13FN2OS. The van der Waals surface area contributed by atoms with E-state index in [1.165, 1.54) is 12.3 Å². The van der Waals surface area contributed by atoms with Gasteiger partial charge in [0.15, 0.2) is 0 Å². The van der Waals surface area contributed by atoms with Crippen LogP contribution in [0.15, 0.2) is 18.3 Å². The van der Waals surface area contributed by atoms with Gasteiger partial charge < -0.3 is 5.32 Å². The van der Waals surface area contributed by atoms with Crippen LogP contribution in [0.1, 0.15) is 23.2 Å². The summed E-state index contributed by atoms with van der Waals surface area (Å²) in [5.41, 5.74) is 0.0285. The van der Waals surface area contributed by atoms with Crippen LogP contribution in [-0.2, 0) is 0 Å². The van der Waals surface area contributed by atoms with Gasteiger partial charge in [-0.05, 0) is 36.5 Å². The quantitative estimate of drug-likeness (QED) is 0.802. The van der Waals surface area contributed by atoms with Crippen LogP contribution >= 0.6 is 11.8 Å². The maximum atomic E-state index is 13.2. The van der Waals surface area contributed by atoms with Gasteiger partial charge in [0.2, 0.25) is 5.95 Å². The van der Waals surface area contributed by atoms with Crippen LogP contribution in [0.25, 0.3) is 0 Å². The number of rotatable bonds is 2. The summed E-state index contributed by atoms with van der Waals surface area (Å²) in [6.07, 6.45) is 3.25. The molecule has 16 heavy (non-hydrogen) atoms. The summed E-state index contributed by atoms with van der Waals surface area (Å²) < 4.78 is 13.2. The molecule has 2 heterocycles. The van der Waals surface area contributed by atoms with Gasteiger partial charge >= 0.3 is 0 Å². The van der Waals surface area contributed by atoms with Crippen molar-refractivity contribution in [1.82, 2.24) is 10.3 Å². The second kappa shape index (κ2) is 5.30. The Balaban J connectivity index is 2.00. The monoisotopic (exact) mass is 240 g/mol. The number of nitrogens with one attached hydrogen (secondary N) is 1. The van der Waals surface area contributed by atoms with Crippen LogP contribution in [-0.4, -0.2) is 28.4 Å². The lowest BCUT2D eigenvalue weighted by Crippen LogP contribution is -2.37. The van der Waals surface area contributed by atoms with Crippen molar-refractivity contribution in [2.45, 2.75) is 18.9 Å². The van der Waals surface area contributed by atoms with Crippen molar-refractivity contribution in [2.24, 2.45) is 0 Å². The molecule has 1 N–H and O–H groups in total. The summed E-state index contributed by atoms with van der Waals surface area (Å²) >= 11 is 1.89. The van der Waals surface area contributed by atoms with E-state index in [-0.39, 0.29) is 17.5 Å². The summed E-state index contributed by atoms with van der Waals surface area (Å²) in [6.45, 7) is 0. The second-order valence-corrected chi connectivity index (χ2v) is 4.93. The minimum atomic E-state index is -0.704. The Morgan fingerprint density at radius 3 is 2.94 bits per heavy atom. The van der Waals surface area contributed by atoms with E-state index in [2.05, 4.69) is 10.3 Å². The molecule has 1 fully saturated rings. The van der Waals surface area contributed by atoms with E-state index >= 15 is 0 Å². The highest BCUT2D eigenvalue weighted by molar-refractivity contribution is 7.99. The molecule has 1 aliphatic heterocycles. The van der Waals surface area contributed by atoms with Crippen LogP contribution in [0.2, 0.25) is 0 Å². The molecule has 0 atom stereocenters. The first kappa shape index (κ1) is 11.4. The molecule has 86 valence electrons. The summed E-state index contributed by atoms with van der Waals surface area (Å²) in [7, 11) is 0. The number of carbonyl (C=O) groups excluding carboxylic acids is 1. The molecule has 0 radical (unpaired) electrons. The maximum absolute atomic E-state index is 13.2. The Labute approximate surface area is 97.8 Å². The van der Waals surface area contributed by atoms with E-state index in [9.17, 15) is 9.18 Å². The topological polar surface area (TPSA) is 42.0 Å². The minimum absolute atomic E-state index is 0.0285. The van der Waals surface area contributed by atoms with Crippen LogP contribution in [0, 0.1) is 5.95 Å². The highest BCUT2D eigenvalue weighted by Gasteiger charge is 2.18. The number of pyridine rings is 1. The molecule has 0 spiro atoms. The van der Waals surface area contributed by atoms with Gasteiger partial charge in [-0.1, -0.05) is 0 Å². The Morgan fingerprint density at radius 1 is 1.50 bits per heavy atom. The third-order valence-electron chi connectivity index (χ3n) is 2.56. The van der Waals surface area contributed by atoms with Crippen molar-refractivity contribution in [3.05, 3.63) is 29.8 Å². The minimum Gasteiger partial charge on any atom is -0.349 e. The number of nitrogens with zero attached hydrogens (tertiary/aromatic N) is 1. The van der Waals surface area contributed by atoms with Crippen LogP contribution in [0.5, 0.6) is 0 Å². The largest absolute Gasteiger partial charge is 0.349 e. The lowest BCUT2D eigenvalue weighted by molar-refractivity contribution is 0.0930. The van der Waals surface area contributed by atoms with Crippen LogP contribution < -0.4 is 5.32 Å². The van der Waals surface area contributed by atoms with E-state index in [0.29, 0.717) is 0 Å². The molecular weight excluding hydrogens is 227 g/mol. The van der Waals surface area contributed by atoms with Gasteiger partial charge in [-0.25, -0.2) is 4.98 Å². The highest BCUT2D eigenvalue weighted by atomic mass is 32.2. The van der Waals surface area contributed by atoms with E-state index in [0.717, 1.165) is 24.3 Å². The zero-order chi connectivity index (χ0) is 11.4. The number of aromatic nitrogens is 1. The Morgan fingerprint density at radius 2 is 2.25 bits per heavy atom. The summed E-state index contributed by atoms with van der Waals surface area (Å²) in [4.78, 5) is 15.2. The third kappa shape index (κ3) is 2.72. The molecule has 3 nitrogen and oxygen atoms in total. The van der Waals surface area contributed by atoms with Gasteiger partial charge in [-0.3, -0.25) is 4.79 Å². The summed E-state index contributed by atoms with van der Waals surface area (Å²) in [6, 6.07) is 3.19. The van der Waals surface area contributed by atoms with Crippen molar-refractivity contribution in [3.63, 3.8) is 0 Å². The molecule has 0 bridgehead atoms. The zero-order valence-corrected chi connectivity index (χ0v) is 9.60. The molecule has 1 aliphatic rings. The van der Waals surface area contributed by atoms with E-state index in [1.54, 1.807) is 6.07 Å². The van der Waals surface area contributed by atoms with Crippen molar-refractivity contribution in [3.8, 4) is 0 Å².